The van der Waals surface area contributed by atoms with Crippen LogP contribution in [0.15, 0.2) is 24.3 Å². The molecule has 1 aromatic carbocycles. The van der Waals surface area contributed by atoms with Gasteiger partial charge in [-0.05, 0) is 24.1 Å². The normalized spacial score (nSPS) is 16.3. The fraction of sp³-hybridized carbons (Fsp3) is 0.556. The van der Waals surface area contributed by atoms with E-state index < -0.39 is 6.04 Å². The molecule has 134 valence electrons. The number of nitrogens with one attached hydrogen (secondary N) is 2. The van der Waals surface area contributed by atoms with Gasteiger partial charge in [0, 0.05) is 32.5 Å². The van der Waals surface area contributed by atoms with E-state index in [4.69, 9.17) is 0 Å². The van der Waals surface area contributed by atoms with Crippen LogP contribution in [0.4, 0.5) is 0 Å². The zero-order valence-electron chi connectivity index (χ0n) is 14.7. The van der Waals surface area contributed by atoms with Crippen molar-refractivity contribution in [1.82, 2.24) is 15.5 Å². The van der Waals surface area contributed by atoms with Gasteiger partial charge >= 0.3 is 0 Å². The van der Waals surface area contributed by atoms with Crippen LogP contribution in [0.2, 0.25) is 0 Å². The highest BCUT2D eigenvalue weighted by Crippen LogP contribution is 2.24. The lowest BCUT2D eigenvalue weighted by Crippen LogP contribution is -2.53. The van der Waals surface area contributed by atoms with Gasteiger partial charge < -0.3 is 15.5 Å². The second-order valence-electron chi connectivity index (χ2n) is 6.50. The number of amides is 2. The van der Waals surface area contributed by atoms with Gasteiger partial charge in [-0.15, -0.1) is 12.4 Å². The standard InChI is InChI=1S/C18H27N3O2.ClH/c1-13(2)10-17(22)21-12-15-7-5-4-6-14(15)11-16(21)18(23)20-9-8-19-3;/h4-7,13,16,19H,8-12H2,1-3H3,(H,20,23);1H. The number of nitrogens with zero attached hydrogens (tertiary/aromatic N) is 1. The Labute approximate surface area is 150 Å². The monoisotopic (exact) mass is 353 g/mol. The first-order valence-electron chi connectivity index (χ1n) is 8.31. The summed E-state index contributed by atoms with van der Waals surface area (Å²) in [5.74, 6) is 0.280. The fourth-order valence-corrected chi connectivity index (χ4v) is 2.91. The van der Waals surface area contributed by atoms with Crippen molar-refractivity contribution >= 4 is 24.2 Å². The van der Waals surface area contributed by atoms with Crippen LogP contribution in [0.1, 0.15) is 31.4 Å². The minimum atomic E-state index is -0.409. The third kappa shape index (κ3) is 5.21. The quantitative estimate of drug-likeness (QED) is 0.766. The highest BCUT2D eigenvalue weighted by Gasteiger charge is 2.34. The van der Waals surface area contributed by atoms with Crippen LogP contribution < -0.4 is 10.6 Å². The molecule has 2 N–H and O–H groups in total. The summed E-state index contributed by atoms with van der Waals surface area (Å²) in [5.41, 5.74) is 2.30. The van der Waals surface area contributed by atoms with Gasteiger partial charge in [0.05, 0.1) is 0 Å². The SMILES string of the molecule is CNCCNC(=O)C1Cc2ccccc2CN1C(=O)CC(C)C.Cl. The number of carbonyl (C=O) groups excluding carboxylic acids is 2. The molecule has 0 fully saturated rings. The molecule has 1 heterocycles. The van der Waals surface area contributed by atoms with Crippen LogP contribution in [0.3, 0.4) is 0 Å². The van der Waals surface area contributed by atoms with Crippen molar-refractivity contribution in [2.75, 3.05) is 20.1 Å². The topological polar surface area (TPSA) is 61.4 Å². The molecule has 1 aliphatic rings. The molecule has 1 atom stereocenters. The second kappa shape index (κ2) is 9.64. The van der Waals surface area contributed by atoms with Crippen LogP contribution in [0, 0.1) is 5.92 Å². The van der Waals surface area contributed by atoms with E-state index in [1.807, 2.05) is 45.2 Å². The average molecular weight is 354 g/mol. The highest BCUT2D eigenvalue weighted by molar-refractivity contribution is 5.88. The molecular formula is C18H28ClN3O2. The van der Waals surface area contributed by atoms with E-state index in [2.05, 4.69) is 10.6 Å². The van der Waals surface area contributed by atoms with Gasteiger partial charge in [-0.2, -0.15) is 0 Å². The van der Waals surface area contributed by atoms with E-state index in [1.165, 1.54) is 0 Å². The van der Waals surface area contributed by atoms with E-state index in [-0.39, 0.29) is 30.1 Å². The number of hydrogen-bond acceptors (Lipinski definition) is 3. The molecular weight excluding hydrogens is 326 g/mol. The van der Waals surface area contributed by atoms with Crippen LogP contribution in [-0.2, 0) is 22.6 Å². The van der Waals surface area contributed by atoms with Gasteiger partial charge in [-0.1, -0.05) is 38.1 Å². The Hall–Kier alpha value is -1.59. The summed E-state index contributed by atoms with van der Waals surface area (Å²) in [4.78, 5) is 26.9. The Morgan fingerprint density at radius 1 is 1.21 bits per heavy atom. The van der Waals surface area contributed by atoms with E-state index in [0.717, 1.165) is 17.7 Å². The molecule has 1 unspecified atom stereocenters. The van der Waals surface area contributed by atoms with E-state index in [1.54, 1.807) is 4.90 Å². The molecule has 0 saturated heterocycles. The maximum absolute atomic E-state index is 12.6. The fourth-order valence-electron chi connectivity index (χ4n) is 2.91. The number of carbonyl (C=O) groups is 2. The Bertz CT molecular complexity index is 563. The van der Waals surface area contributed by atoms with Gasteiger partial charge in [-0.25, -0.2) is 0 Å². The zero-order chi connectivity index (χ0) is 16.8. The molecule has 0 aromatic heterocycles. The molecule has 5 nitrogen and oxygen atoms in total. The van der Waals surface area contributed by atoms with E-state index in [0.29, 0.717) is 25.9 Å². The zero-order valence-corrected chi connectivity index (χ0v) is 15.5. The number of halogens is 1. The van der Waals surface area contributed by atoms with Crippen molar-refractivity contribution in [3.63, 3.8) is 0 Å². The number of hydrogen-bond donors (Lipinski definition) is 2. The minimum Gasteiger partial charge on any atom is -0.353 e. The van der Waals surface area contributed by atoms with Gasteiger partial charge in [-0.3, -0.25) is 9.59 Å². The van der Waals surface area contributed by atoms with E-state index >= 15 is 0 Å². The first-order chi connectivity index (χ1) is 11.0. The molecule has 2 rings (SSSR count). The van der Waals surface area contributed by atoms with Crippen molar-refractivity contribution < 1.29 is 9.59 Å². The predicted octanol–water partition coefficient (Wildman–Crippen LogP) is 1.74. The molecule has 24 heavy (non-hydrogen) atoms. The average Bonchev–Trinajstić information content (AvgIpc) is 2.53. The Morgan fingerprint density at radius 2 is 1.88 bits per heavy atom. The van der Waals surface area contributed by atoms with Crippen molar-refractivity contribution in [3.8, 4) is 0 Å². The summed E-state index contributed by atoms with van der Waals surface area (Å²) in [6.45, 7) is 5.86. The number of likely N-dealkylation sites (N-methyl/N-ethyl adjacent to an activating group) is 1. The van der Waals surface area contributed by atoms with Gasteiger partial charge in [0.1, 0.15) is 6.04 Å². The summed E-state index contributed by atoms with van der Waals surface area (Å²) in [6.07, 6.45) is 1.06. The summed E-state index contributed by atoms with van der Waals surface area (Å²) >= 11 is 0. The lowest BCUT2D eigenvalue weighted by Gasteiger charge is -2.36. The molecule has 6 heteroatoms. The lowest BCUT2D eigenvalue weighted by atomic mass is 9.92. The lowest BCUT2D eigenvalue weighted by molar-refractivity contribution is -0.142. The summed E-state index contributed by atoms with van der Waals surface area (Å²) in [7, 11) is 1.85. The van der Waals surface area contributed by atoms with Crippen LogP contribution in [0.5, 0.6) is 0 Å². The second-order valence-corrected chi connectivity index (χ2v) is 6.50. The number of rotatable bonds is 6. The van der Waals surface area contributed by atoms with Gasteiger partial charge in [0.15, 0.2) is 0 Å². The maximum Gasteiger partial charge on any atom is 0.243 e. The van der Waals surface area contributed by atoms with Crippen molar-refractivity contribution in [2.24, 2.45) is 5.92 Å². The number of fused-ring (bicyclic) bond motifs is 1. The molecule has 0 bridgehead atoms. The summed E-state index contributed by atoms with van der Waals surface area (Å²) < 4.78 is 0. The first-order valence-corrected chi connectivity index (χ1v) is 8.31. The summed E-state index contributed by atoms with van der Waals surface area (Å²) in [5, 5.41) is 5.93. The van der Waals surface area contributed by atoms with Crippen molar-refractivity contribution in [1.29, 1.82) is 0 Å². The van der Waals surface area contributed by atoms with Gasteiger partial charge in [0.25, 0.3) is 0 Å². The number of benzene rings is 1. The van der Waals surface area contributed by atoms with Crippen LogP contribution in [0.25, 0.3) is 0 Å². The Balaban J connectivity index is 0.00000288. The predicted molar refractivity (Wildman–Crippen MR) is 98.1 cm³/mol. The van der Waals surface area contributed by atoms with Crippen LogP contribution in [-0.4, -0.2) is 42.9 Å². The third-order valence-electron chi connectivity index (χ3n) is 4.13. The molecule has 0 spiro atoms. The highest BCUT2D eigenvalue weighted by atomic mass is 35.5. The molecule has 1 aliphatic heterocycles. The Morgan fingerprint density at radius 3 is 2.50 bits per heavy atom. The summed E-state index contributed by atoms with van der Waals surface area (Å²) in [6, 6.07) is 7.65. The maximum atomic E-state index is 12.6. The molecule has 0 radical (unpaired) electrons. The largest absolute Gasteiger partial charge is 0.353 e. The minimum absolute atomic E-state index is 0. The smallest absolute Gasteiger partial charge is 0.243 e. The third-order valence-corrected chi connectivity index (χ3v) is 4.13. The molecule has 0 aliphatic carbocycles. The molecule has 0 saturated carbocycles. The molecule has 1 aromatic rings. The first kappa shape index (κ1) is 20.5. The van der Waals surface area contributed by atoms with Crippen LogP contribution >= 0.6 is 12.4 Å². The van der Waals surface area contributed by atoms with Crippen molar-refractivity contribution in [2.45, 2.75) is 39.3 Å². The van der Waals surface area contributed by atoms with Gasteiger partial charge in [0.2, 0.25) is 11.8 Å². The van der Waals surface area contributed by atoms with Crippen molar-refractivity contribution in [3.05, 3.63) is 35.4 Å². The van der Waals surface area contributed by atoms with E-state index in [9.17, 15) is 9.59 Å². The molecule has 2 amide bonds. The Kier molecular flexibility index (Phi) is 8.22.